The van der Waals surface area contributed by atoms with Crippen LogP contribution in [0.15, 0.2) is 53.9 Å². The fourth-order valence-corrected chi connectivity index (χ4v) is 6.49. The Labute approximate surface area is 249 Å². The number of halogens is 3. The van der Waals surface area contributed by atoms with Gasteiger partial charge in [-0.2, -0.15) is 8.78 Å². The molecule has 2 aliphatic rings. The molecule has 0 saturated carbocycles. The fraction of sp³-hybridized carbons (Fsp3) is 0.333. The number of alkyl halides is 3. The highest BCUT2D eigenvalue weighted by Gasteiger charge is 2.50. The van der Waals surface area contributed by atoms with Crippen LogP contribution in [0.3, 0.4) is 0 Å². The predicted molar refractivity (Wildman–Crippen MR) is 155 cm³/mol. The van der Waals surface area contributed by atoms with Crippen LogP contribution in [-0.4, -0.2) is 67.0 Å². The summed E-state index contributed by atoms with van der Waals surface area (Å²) in [5.74, 6) is -5.48. The Kier molecular flexibility index (Phi) is 8.05. The van der Waals surface area contributed by atoms with Crippen LogP contribution in [0.5, 0.6) is 0 Å². The van der Waals surface area contributed by atoms with E-state index in [1.807, 2.05) is 0 Å². The predicted octanol–water partition coefficient (Wildman–Crippen LogP) is 3.72. The van der Waals surface area contributed by atoms with E-state index in [2.05, 4.69) is 10.6 Å². The molecule has 1 aliphatic heterocycles. The molecular formula is C30H30F3N5O4S. The molecule has 0 spiro atoms. The van der Waals surface area contributed by atoms with Crippen LogP contribution in [0.25, 0.3) is 11.1 Å². The minimum absolute atomic E-state index is 0.0660. The molecule has 5 N–H and O–H groups in total. The lowest BCUT2D eigenvalue weighted by Crippen LogP contribution is -2.49. The third kappa shape index (κ3) is 5.74. The second-order valence-electron chi connectivity index (χ2n) is 10.8. The summed E-state index contributed by atoms with van der Waals surface area (Å²) >= 11 is 1.29. The van der Waals surface area contributed by atoms with Crippen molar-refractivity contribution in [1.82, 2.24) is 15.5 Å². The summed E-state index contributed by atoms with van der Waals surface area (Å²) in [4.78, 5) is 41.2. The fourth-order valence-electron chi connectivity index (χ4n) is 5.57. The molecule has 43 heavy (non-hydrogen) atoms. The van der Waals surface area contributed by atoms with Crippen molar-refractivity contribution in [2.24, 2.45) is 5.73 Å². The van der Waals surface area contributed by atoms with Gasteiger partial charge in [-0.1, -0.05) is 30.3 Å². The number of carbonyl (C=O) groups is 3. The maximum absolute atomic E-state index is 15.6. The zero-order chi connectivity index (χ0) is 31.1. The molecule has 0 radical (unpaired) electrons. The number of nitrogens with zero attached hydrogens (tertiary/aromatic N) is 1. The highest BCUT2D eigenvalue weighted by molar-refractivity contribution is 7.10. The minimum atomic E-state index is -3.28. The van der Waals surface area contributed by atoms with Crippen molar-refractivity contribution in [3.63, 3.8) is 0 Å². The normalized spacial score (nSPS) is 20.7. The number of likely N-dealkylation sites (tertiary alicyclic amines) is 1. The summed E-state index contributed by atoms with van der Waals surface area (Å²) in [6.07, 6.45) is -0.317. The molecule has 5 rings (SSSR count). The second-order valence-corrected chi connectivity index (χ2v) is 11.7. The average molecular weight is 614 g/mol. The van der Waals surface area contributed by atoms with Gasteiger partial charge < -0.3 is 26.0 Å². The summed E-state index contributed by atoms with van der Waals surface area (Å²) in [5.41, 5.74) is 4.23. The molecule has 2 aromatic carbocycles. The van der Waals surface area contributed by atoms with Gasteiger partial charge in [0.2, 0.25) is 11.8 Å². The van der Waals surface area contributed by atoms with Gasteiger partial charge in [-0.05, 0) is 36.2 Å². The van der Waals surface area contributed by atoms with Crippen molar-refractivity contribution in [3.05, 3.63) is 81.0 Å². The lowest BCUT2D eigenvalue weighted by atomic mass is 10.0. The number of nitrogens with two attached hydrogens (primary N) is 1. The molecule has 13 heteroatoms. The molecule has 226 valence electrons. The summed E-state index contributed by atoms with van der Waals surface area (Å²) < 4.78 is 50.7. The summed E-state index contributed by atoms with van der Waals surface area (Å²) in [6.45, 7) is 0.354. The standard InChI is InChI=1S/C30H30F3N5O4S/c1-16(24-10-18(13-43-24)26(34)35)37-28(41)23-11-29(31,15-42-2)14-38(23)25(39)12-36-27(40)17-7-8-20-19-5-3-4-6-21(19)30(32,33)22(20)9-17/h3-10,13,16,23H,11-12,14-15H2,1-2H3,(H3,34,35)(H,36,40)(H,37,41)/t16-,23+,29-/m1/s1. The first kappa shape index (κ1) is 30.2. The summed E-state index contributed by atoms with van der Waals surface area (Å²) in [5, 5.41) is 14.5. The van der Waals surface area contributed by atoms with Gasteiger partial charge in [0.25, 0.3) is 11.8 Å². The third-order valence-corrected chi connectivity index (χ3v) is 8.82. The number of hydrogen-bond donors (Lipinski definition) is 4. The SMILES string of the molecule is COC[C@@]1(F)C[C@@H](C(=O)N[C@H](C)c2cc(C(=N)N)cs2)N(C(=O)CNC(=O)c2ccc3c(c2)C(F)(F)c2ccccc2-3)C1. The van der Waals surface area contributed by atoms with Gasteiger partial charge in [-0.3, -0.25) is 19.8 Å². The molecular weight excluding hydrogens is 583 g/mol. The molecule has 0 unspecified atom stereocenters. The third-order valence-electron chi connectivity index (χ3n) is 7.71. The Morgan fingerprint density at radius 3 is 2.53 bits per heavy atom. The Morgan fingerprint density at radius 1 is 1.12 bits per heavy atom. The Balaban J connectivity index is 1.27. The number of rotatable bonds is 9. The summed E-state index contributed by atoms with van der Waals surface area (Å²) in [7, 11) is 1.31. The van der Waals surface area contributed by atoms with Crippen molar-refractivity contribution in [2.45, 2.75) is 37.0 Å². The van der Waals surface area contributed by atoms with Crippen LogP contribution in [0.1, 0.15) is 51.3 Å². The number of hydrogen-bond acceptors (Lipinski definition) is 6. The van der Waals surface area contributed by atoms with Crippen LogP contribution in [0, 0.1) is 5.41 Å². The molecule has 2 heterocycles. The molecule has 3 atom stereocenters. The molecule has 9 nitrogen and oxygen atoms in total. The van der Waals surface area contributed by atoms with Crippen molar-refractivity contribution in [3.8, 4) is 11.1 Å². The van der Waals surface area contributed by atoms with Crippen molar-refractivity contribution >= 4 is 34.9 Å². The van der Waals surface area contributed by atoms with Crippen LogP contribution in [-0.2, 0) is 20.2 Å². The second kappa shape index (κ2) is 11.5. The number of nitrogen functional groups attached to an aromatic ring is 1. The largest absolute Gasteiger partial charge is 0.384 e. The quantitative estimate of drug-likeness (QED) is 0.215. The van der Waals surface area contributed by atoms with Crippen LogP contribution >= 0.6 is 11.3 Å². The van der Waals surface area contributed by atoms with Gasteiger partial charge in [0, 0.05) is 46.0 Å². The minimum Gasteiger partial charge on any atom is -0.384 e. The van der Waals surface area contributed by atoms with E-state index in [9.17, 15) is 14.4 Å². The van der Waals surface area contributed by atoms with Gasteiger partial charge in [-0.25, -0.2) is 4.39 Å². The van der Waals surface area contributed by atoms with E-state index in [1.165, 1.54) is 42.7 Å². The number of ether oxygens (including phenoxy) is 1. The van der Waals surface area contributed by atoms with E-state index in [0.717, 1.165) is 11.0 Å². The van der Waals surface area contributed by atoms with E-state index in [0.29, 0.717) is 21.6 Å². The number of carbonyl (C=O) groups excluding carboxylic acids is 3. The number of methoxy groups -OCH3 is 1. The lowest BCUT2D eigenvalue weighted by molar-refractivity contribution is -0.138. The zero-order valence-electron chi connectivity index (χ0n) is 23.4. The molecule has 1 aromatic heterocycles. The molecule has 3 amide bonds. The Bertz CT molecular complexity index is 1610. The Hall–Kier alpha value is -4.23. The van der Waals surface area contributed by atoms with Crippen molar-refractivity contribution < 1.29 is 32.3 Å². The topological polar surface area (TPSA) is 138 Å². The van der Waals surface area contributed by atoms with Crippen LogP contribution < -0.4 is 16.4 Å². The van der Waals surface area contributed by atoms with Gasteiger partial charge in [-0.15, -0.1) is 11.3 Å². The molecule has 1 fully saturated rings. The number of thiophene rings is 1. The first-order valence-corrected chi connectivity index (χ1v) is 14.3. The molecule has 0 bridgehead atoms. The van der Waals surface area contributed by atoms with E-state index in [4.69, 9.17) is 15.9 Å². The Morgan fingerprint density at radius 2 is 1.84 bits per heavy atom. The van der Waals surface area contributed by atoms with Crippen molar-refractivity contribution in [1.29, 1.82) is 5.41 Å². The highest BCUT2D eigenvalue weighted by Crippen LogP contribution is 2.51. The maximum Gasteiger partial charge on any atom is 0.299 e. The van der Waals surface area contributed by atoms with Crippen molar-refractivity contribution in [2.75, 3.05) is 26.8 Å². The van der Waals surface area contributed by atoms with E-state index in [-0.39, 0.29) is 35.6 Å². The maximum atomic E-state index is 15.6. The van der Waals surface area contributed by atoms with Gasteiger partial charge in [0.15, 0.2) is 5.67 Å². The monoisotopic (exact) mass is 613 g/mol. The highest BCUT2D eigenvalue weighted by atomic mass is 32.1. The molecule has 3 aromatic rings. The van der Waals surface area contributed by atoms with E-state index >= 15 is 13.2 Å². The smallest absolute Gasteiger partial charge is 0.299 e. The molecule has 1 aliphatic carbocycles. The first-order chi connectivity index (χ1) is 20.3. The van der Waals surface area contributed by atoms with E-state index < -0.39 is 54.5 Å². The lowest BCUT2D eigenvalue weighted by Gasteiger charge is -2.25. The number of nitrogens with one attached hydrogen (secondary N) is 3. The van der Waals surface area contributed by atoms with Crippen LogP contribution in [0.4, 0.5) is 13.2 Å². The summed E-state index contributed by atoms with van der Waals surface area (Å²) in [6, 6.07) is 10.0. The zero-order valence-corrected chi connectivity index (χ0v) is 24.2. The van der Waals surface area contributed by atoms with Gasteiger partial charge in [0.05, 0.1) is 25.7 Å². The number of fused-ring (bicyclic) bond motifs is 3. The number of amidine groups is 1. The average Bonchev–Trinajstić information content (AvgIpc) is 3.66. The van der Waals surface area contributed by atoms with Crippen LogP contribution in [0.2, 0.25) is 0 Å². The number of benzene rings is 2. The van der Waals surface area contributed by atoms with Gasteiger partial charge in [0.1, 0.15) is 11.9 Å². The van der Waals surface area contributed by atoms with Gasteiger partial charge >= 0.3 is 0 Å². The molecule has 1 saturated heterocycles. The number of amides is 3. The van der Waals surface area contributed by atoms with E-state index in [1.54, 1.807) is 30.5 Å². The first-order valence-electron chi connectivity index (χ1n) is 13.5.